The van der Waals surface area contributed by atoms with Gasteiger partial charge >= 0.3 is 0 Å². The summed E-state index contributed by atoms with van der Waals surface area (Å²) >= 11 is 6.02. The maximum atomic E-state index is 12.4. The molecule has 0 aliphatic carbocycles. The lowest BCUT2D eigenvalue weighted by Gasteiger charge is -2.15. The van der Waals surface area contributed by atoms with Crippen molar-refractivity contribution in [2.45, 2.75) is 19.1 Å². The van der Waals surface area contributed by atoms with Crippen molar-refractivity contribution in [1.82, 2.24) is 0 Å². The highest BCUT2D eigenvalue weighted by atomic mass is 35.5. The summed E-state index contributed by atoms with van der Waals surface area (Å²) in [7, 11) is -3.59. The number of nitrogens with one attached hydrogen (secondary N) is 1. The molecule has 0 atom stereocenters. The van der Waals surface area contributed by atoms with E-state index in [-0.39, 0.29) is 11.7 Å². The molecule has 0 saturated heterocycles. The molecule has 1 amide bonds. The van der Waals surface area contributed by atoms with Gasteiger partial charge in [-0.1, -0.05) is 29.8 Å². The van der Waals surface area contributed by atoms with E-state index in [1.54, 1.807) is 47.4 Å². The van der Waals surface area contributed by atoms with Crippen molar-refractivity contribution >= 4 is 38.9 Å². The van der Waals surface area contributed by atoms with E-state index < -0.39 is 10.0 Å². The summed E-state index contributed by atoms with van der Waals surface area (Å²) in [5.41, 5.74) is 2.67. The van der Waals surface area contributed by atoms with Crippen LogP contribution in [0.2, 0.25) is 5.02 Å². The average Bonchev–Trinajstić information content (AvgIpc) is 2.83. The standard InChI is InChI=1S/C17H17ClN2O3S/c1-2-20-16-8-7-14(9-13(16)10-17(20)21)19-24(22,23)11-12-5-3-4-6-15(12)18/h3-9,19H,2,10-11H2,1H3. The van der Waals surface area contributed by atoms with Crippen molar-refractivity contribution in [2.75, 3.05) is 16.2 Å². The zero-order chi connectivity index (χ0) is 17.3. The van der Waals surface area contributed by atoms with E-state index in [1.165, 1.54) is 0 Å². The zero-order valence-corrected chi connectivity index (χ0v) is 14.7. The van der Waals surface area contributed by atoms with Crippen molar-refractivity contribution in [2.24, 2.45) is 0 Å². The Morgan fingerprint density at radius 1 is 1.21 bits per heavy atom. The number of halogens is 1. The van der Waals surface area contributed by atoms with Crippen molar-refractivity contribution in [1.29, 1.82) is 0 Å². The van der Waals surface area contributed by atoms with Crippen LogP contribution >= 0.6 is 11.6 Å². The first-order chi connectivity index (χ1) is 11.4. The van der Waals surface area contributed by atoms with Crippen LogP contribution in [0.25, 0.3) is 0 Å². The fraction of sp³-hybridized carbons (Fsp3) is 0.235. The number of rotatable bonds is 5. The SMILES string of the molecule is CCN1C(=O)Cc2cc(NS(=O)(=O)Cc3ccccc3Cl)ccc21. The van der Waals surface area contributed by atoms with Gasteiger partial charge in [-0.3, -0.25) is 9.52 Å². The Labute approximate surface area is 146 Å². The maximum Gasteiger partial charge on any atom is 0.236 e. The lowest BCUT2D eigenvalue weighted by atomic mass is 10.1. The molecule has 2 aromatic rings. The number of benzene rings is 2. The summed E-state index contributed by atoms with van der Waals surface area (Å²) < 4.78 is 27.3. The minimum Gasteiger partial charge on any atom is -0.312 e. The maximum absolute atomic E-state index is 12.4. The number of carbonyl (C=O) groups excluding carboxylic acids is 1. The number of likely N-dealkylation sites (N-methyl/N-ethyl adjacent to an activating group) is 1. The second kappa shape index (κ2) is 6.45. The average molecular weight is 365 g/mol. The first-order valence-corrected chi connectivity index (χ1v) is 9.60. The first-order valence-electron chi connectivity index (χ1n) is 7.57. The van der Waals surface area contributed by atoms with Crippen LogP contribution in [0.4, 0.5) is 11.4 Å². The Balaban J connectivity index is 1.80. The predicted octanol–water partition coefficient (Wildman–Crippen LogP) is 3.19. The molecule has 1 aliphatic heterocycles. The third kappa shape index (κ3) is 3.39. The van der Waals surface area contributed by atoms with Gasteiger partial charge in [-0.05, 0) is 42.3 Å². The molecule has 126 valence electrons. The van der Waals surface area contributed by atoms with E-state index in [0.29, 0.717) is 29.2 Å². The van der Waals surface area contributed by atoms with Gasteiger partial charge in [0, 0.05) is 22.9 Å². The lowest BCUT2D eigenvalue weighted by molar-refractivity contribution is -0.117. The van der Waals surface area contributed by atoms with Crippen molar-refractivity contribution in [3.05, 3.63) is 58.6 Å². The third-order valence-corrected chi connectivity index (χ3v) is 5.51. The van der Waals surface area contributed by atoms with Crippen molar-refractivity contribution < 1.29 is 13.2 Å². The van der Waals surface area contributed by atoms with E-state index in [0.717, 1.165) is 11.3 Å². The predicted molar refractivity (Wildman–Crippen MR) is 95.9 cm³/mol. The summed E-state index contributed by atoms with van der Waals surface area (Å²) in [6, 6.07) is 12.0. The molecule has 0 unspecified atom stereocenters. The summed E-state index contributed by atoms with van der Waals surface area (Å²) in [4.78, 5) is 13.6. The summed E-state index contributed by atoms with van der Waals surface area (Å²) in [6.45, 7) is 2.51. The van der Waals surface area contributed by atoms with Crippen molar-refractivity contribution in [3.63, 3.8) is 0 Å². The van der Waals surface area contributed by atoms with Crippen LogP contribution in [0.1, 0.15) is 18.1 Å². The molecule has 5 nitrogen and oxygen atoms in total. The molecule has 24 heavy (non-hydrogen) atoms. The highest BCUT2D eigenvalue weighted by Crippen LogP contribution is 2.31. The van der Waals surface area contributed by atoms with Gasteiger partial charge in [0.2, 0.25) is 15.9 Å². The topological polar surface area (TPSA) is 66.5 Å². The minimum absolute atomic E-state index is 0.0311. The summed E-state index contributed by atoms with van der Waals surface area (Å²) in [5, 5.41) is 0.418. The Hall–Kier alpha value is -2.05. The molecule has 0 bridgehead atoms. The van der Waals surface area contributed by atoms with Crippen LogP contribution in [0.3, 0.4) is 0 Å². The first kappa shape index (κ1) is 16.8. The number of hydrogen-bond donors (Lipinski definition) is 1. The normalized spacial score (nSPS) is 13.9. The Morgan fingerprint density at radius 3 is 2.67 bits per heavy atom. The van der Waals surface area contributed by atoms with Gasteiger partial charge < -0.3 is 4.90 Å². The second-order valence-corrected chi connectivity index (χ2v) is 7.74. The molecule has 1 heterocycles. The van der Waals surface area contributed by atoms with Gasteiger partial charge in [-0.2, -0.15) is 0 Å². The van der Waals surface area contributed by atoms with Crippen LogP contribution in [-0.4, -0.2) is 20.9 Å². The van der Waals surface area contributed by atoms with Crippen LogP contribution in [0, 0.1) is 0 Å². The molecule has 0 saturated carbocycles. The molecule has 1 aliphatic rings. The van der Waals surface area contributed by atoms with Gasteiger partial charge in [-0.15, -0.1) is 0 Å². The smallest absolute Gasteiger partial charge is 0.236 e. The number of fused-ring (bicyclic) bond motifs is 1. The van der Waals surface area contributed by atoms with Crippen LogP contribution < -0.4 is 9.62 Å². The summed E-state index contributed by atoms with van der Waals surface area (Å²) in [5.74, 6) is -0.174. The molecular formula is C17H17ClN2O3S. The third-order valence-electron chi connectivity index (χ3n) is 3.91. The lowest BCUT2D eigenvalue weighted by Crippen LogP contribution is -2.25. The minimum atomic E-state index is -3.59. The number of amides is 1. The molecule has 2 aromatic carbocycles. The monoisotopic (exact) mass is 364 g/mol. The number of carbonyl (C=O) groups is 1. The highest BCUT2D eigenvalue weighted by molar-refractivity contribution is 7.91. The number of sulfonamides is 1. The van der Waals surface area contributed by atoms with E-state index in [2.05, 4.69) is 4.72 Å². The largest absolute Gasteiger partial charge is 0.312 e. The molecular weight excluding hydrogens is 348 g/mol. The second-order valence-electron chi connectivity index (χ2n) is 5.61. The van der Waals surface area contributed by atoms with E-state index in [4.69, 9.17) is 11.6 Å². The molecule has 1 N–H and O–H groups in total. The van der Waals surface area contributed by atoms with E-state index in [1.807, 2.05) is 6.92 Å². The van der Waals surface area contributed by atoms with Crippen LogP contribution in [0.5, 0.6) is 0 Å². The van der Waals surface area contributed by atoms with Gasteiger partial charge in [-0.25, -0.2) is 8.42 Å². The van der Waals surface area contributed by atoms with Crippen LogP contribution in [-0.2, 0) is 27.0 Å². The quantitative estimate of drug-likeness (QED) is 0.886. The van der Waals surface area contributed by atoms with E-state index >= 15 is 0 Å². The molecule has 7 heteroatoms. The number of hydrogen-bond acceptors (Lipinski definition) is 3. The fourth-order valence-electron chi connectivity index (χ4n) is 2.83. The molecule has 0 fully saturated rings. The number of nitrogens with zero attached hydrogens (tertiary/aromatic N) is 1. The zero-order valence-electron chi connectivity index (χ0n) is 13.1. The molecule has 3 rings (SSSR count). The molecule has 0 radical (unpaired) electrons. The Kier molecular flexibility index (Phi) is 4.51. The Bertz CT molecular complexity index is 896. The van der Waals surface area contributed by atoms with Crippen LogP contribution in [0.15, 0.2) is 42.5 Å². The van der Waals surface area contributed by atoms with Crippen molar-refractivity contribution in [3.8, 4) is 0 Å². The van der Waals surface area contributed by atoms with Gasteiger partial charge in [0.15, 0.2) is 0 Å². The van der Waals surface area contributed by atoms with Gasteiger partial charge in [0.05, 0.1) is 12.2 Å². The van der Waals surface area contributed by atoms with E-state index in [9.17, 15) is 13.2 Å². The molecule has 0 aromatic heterocycles. The van der Waals surface area contributed by atoms with Gasteiger partial charge in [0.1, 0.15) is 0 Å². The fourth-order valence-corrected chi connectivity index (χ4v) is 4.33. The Morgan fingerprint density at radius 2 is 1.96 bits per heavy atom. The van der Waals surface area contributed by atoms with Gasteiger partial charge in [0.25, 0.3) is 0 Å². The molecule has 0 spiro atoms. The highest BCUT2D eigenvalue weighted by Gasteiger charge is 2.26. The number of anilines is 2. The summed E-state index contributed by atoms with van der Waals surface area (Å²) in [6.07, 6.45) is 0.295.